The maximum atomic E-state index is 10.8. The fraction of sp³-hybridized carbons (Fsp3) is 0.500. The molecule has 0 bridgehead atoms. The van der Waals surface area contributed by atoms with E-state index in [1.54, 1.807) is 13.2 Å². The van der Waals surface area contributed by atoms with E-state index in [2.05, 4.69) is 21.2 Å². The van der Waals surface area contributed by atoms with Gasteiger partial charge in [-0.1, -0.05) is 12.1 Å². The van der Waals surface area contributed by atoms with Gasteiger partial charge in [0.1, 0.15) is 0 Å². The number of nitrogens with zero attached hydrogens (tertiary/aromatic N) is 1. The molecular weight excluding hydrogens is 316 g/mol. The molecule has 7 heteroatoms. The Hall–Kier alpha value is -1.02. The Morgan fingerprint density at radius 3 is 2.84 bits per heavy atom. The van der Waals surface area contributed by atoms with Gasteiger partial charge in [0.25, 0.3) is 5.69 Å². The van der Waals surface area contributed by atoms with Crippen molar-refractivity contribution in [1.82, 2.24) is 5.32 Å². The second kappa shape index (κ2) is 8.98. The van der Waals surface area contributed by atoms with Gasteiger partial charge in [-0.15, -0.1) is 0 Å². The molecule has 0 heterocycles. The quantitative estimate of drug-likeness (QED) is 0.426. The average Bonchev–Trinajstić information content (AvgIpc) is 2.39. The Morgan fingerprint density at radius 2 is 2.16 bits per heavy atom. The van der Waals surface area contributed by atoms with E-state index in [1.807, 2.05) is 6.07 Å². The largest absolute Gasteiger partial charge is 0.382 e. The highest BCUT2D eigenvalue weighted by Crippen LogP contribution is 2.27. The van der Waals surface area contributed by atoms with Gasteiger partial charge in [0.05, 0.1) is 29.2 Å². The number of nitrogens with one attached hydrogen (secondary N) is 1. The summed E-state index contributed by atoms with van der Waals surface area (Å²) in [5.74, 6) is 0. The van der Waals surface area contributed by atoms with Gasteiger partial charge in [0.2, 0.25) is 0 Å². The number of hydrogen-bond donors (Lipinski definition) is 1. The maximum Gasteiger partial charge on any atom is 0.283 e. The van der Waals surface area contributed by atoms with E-state index >= 15 is 0 Å². The lowest BCUT2D eigenvalue weighted by atomic mass is 10.2. The average molecular weight is 333 g/mol. The van der Waals surface area contributed by atoms with Crippen LogP contribution in [0.15, 0.2) is 22.7 Å². The van der Waals surface area contributed by atoms with E-state index in [-0.39, 0.29) is 5.69 Å². The molecule has 0 saturated carbocycles. The third-order valence-corrected chi connectivity index (χ3v) is 3.34. The van der Waals surface area contributed by atoms with Crippen molar-refractivity contribution in [3.8, 4) is 0 Å². The first-order valence-corrected chi connectivity index (χ1v) is 6.65. The summed E-state index contributed by atoms with van der Waals surface area (Å²) in [5, 5.41) is 13.9. The molecule has 0 saturated heterocycles. The topological polar surface area (TPSA) is 73.6 Å². The fourth-order valence-corrected chi connectivity index (χ4v) is 2.00. The van der Waals surface area contributed by atoms with Crippen molar-refractivity contribution in [2.75, 3.05) is 33.5 Å². The van der Waals surface area contributed by atoms with Crippen LogP contribution in [0.4, 0.5) is 5.69 Å². The number of benzene rings is 1. The molecule has 0 amide bonds. The standard InChI is InChI=1S/C12H17BrN2O4/c1-18-7-8-19-6-5-14-9-10-3-2-4-11(12(10)13)15(16)17/h2-4,14H,5-9H2,1H3. The number of rotatable bonds is 9. The highest BCUT2D eigenvalue weighted by Gasteiger charge is 2.14. The SMILES string of the molecule is COCCOCCNCc1cccc([N+](=O)[O-])c1Br. The monoisotopic (exact) mass is 332 g/mol. The van der Waals surface area contributed by atoms with Crippen LogP contribution >= 0.6 is 15.9 Å². The summed E-state index contributed by atoms with van der Waals surface area (Å²) >= 11 is 3.26. The lowest BCUT2D eigenvalue weighted by Gasteiger charge is -2.07. The van der Waals surface area contributed by atoms with E-state index in [0.29, 0.717) is 37.4 Å². The minimum Gasteiger partial charge on any atom is -0.382 e. The number of methoxy groups -OCH3 is 1. The third-order valence-electron chi connectivity index (χ3n) is 2.43. The summed E-state index contributed by atoms with van der Waals surface area (Å²) in [6.07, 6.45) is 0. The van der Waals surface area contributed by atoms with Crippen LogP contribution in [0.1, 0.15) is 5.56 Å². The van der Waals surface area contributed by atoms with Gasteiger partial charge < -0.3 is 14.8 Å². The Balaban J connectivity index is 2.33. The number of ether oxygens (including phenoxy) is 2. The molecule has 1 aromatic carbocycles. The molecule has 19 heavy (non-hydrogen) atoms. The molecule has 0 aliphatic carbocycles. The summed E-state index contributed by atoms with van der Waals surface area (Å²) in [5.41, 5.74) is 0.932. The molecule has 1 rings (SSSR count). The summed E-state index contributed by atoms with van der Waals surface area (Å²) in [6, 6.07) is 4.99. The van der Waals surface area contributed by atoms with E-state index < -0.39 is 4.92 Å². The Kier molecular flexibility index (Phi) is 7.57. The predicted molar refractivity (Wildman–Crippen MR) is 75.2 cm³/mol. The molecule has 0 aliphatic rings. The highest BCUT2D eigenvalue weighted by atomic mass is 79.9. The van der Waals surface area contributed by atoms with Gasteiger partial charge in [0, 0.05) is 26.3 Å². The zero-order valence-electron chi connectivity index (χ0n) is 10.7. The first kappa shape index (κ1) is 16.0. The van der Waals surface area contributed by atoms with Gasteiger partial charge in [-0.2, -0.15) is 0 Å². The Morgan fingerprint density at radius 1 is 1.37 bits per heavy atom. The molecule has 0 aromatic heterocycles. The summed E-state index contributed by atoms with van der Waals surface area (Å²) in [7, 11) is 1.63. The minimum absolute atomic E-state index is 0.0793. The van der Waals surface area contributed by atoms with Crippen LogP contribution in [0.3, 0.4) is 0 Å². The maximum absolute atomic E-state index is 10.8. The molecule has 106 valence electrons. The van der Waals surface area contributed by atoms with Crippen LogP contribution < -0.4 is 5.32 Å². The van der Waals surface area contributed by atoms with Crippen LogP contribution in [0, 0.1) is 10.1 Å². The number of hydrogen-bond acceptors (Lipinski definition) is 5. The molecule has 1 N–H and O–H groups in total. The van der Waals surface area contributed by atoms with E-state index in [4.69, 9.17) is 9.47 Å². The number of nitro groups is 1. The first-order chi connectivity index (χ1) is 9.16. The van der Waals surface area contributed by atoms with Gasteiger partial charge in [0.15, 0.2) is 0 Å². The van der Waals surface area contributed by atoms with Gasteiger partial charge in [-0.25, -0.2) is 0 Å². The third kappa shape index (κ3) is 5.65. The summed E-state index contributed by atoms with van der Waals surface area (Å²) in [6.45, 7) is 2.96. The van der Waals surface area contributed by atoms with Gasteiger partial charge >= 0.3 is 0 Å². The van der Waals surface area contributed by atoms with E-state index in [0.717, 1.165) is 5.56 Å². The molecule has 0 fully saturated rings. The molecule has 6 nitrogen and oxygen atoms in total. The summed E-state index contributed by atoms with van der Waals surface area (Å²) < 4.78 is 10.7. The number of nitro benzene ring substituents is 1. The minimum atomic E-state index is -0.401. The number of halogens is 1. The highest BCUT2D eigenvalue weighted by molar-refractivity contribution is 9.10. The lowest BCUT2D eigenvalue weighted by Crippen LogP contribution is -2.20. The molecule has 0 atom stereocenters. The van der Waals surface area contributed by atoms with Crippen LogP contribution in [-0.4, -0.2) is 38.4 Å². The first-order valence-electron chi connectivity index (χ1n) is 5.86. The lowest BCUT2D eigenvalue weighted by molar-refractivity contribution is -0.385. The van der Waals surface area contributed by atoms with Crippen molar-refractivity contribution in [3.63, 3.8) is 0 Å². The van der Waals surface area contributed by atoms with Crippen LogP contribution in [0.5, 0.6) is 0 Å². The smallest absolute Gasteiger partial charge is 0.283 e. The second-order valence-electron chi connectivity index (χ2n) is 3.79. The molecule has 0 radical (unpaired) electrons. The normalized spacial score (nSPS) is 10.6. The van der Waals surface area contributed by atoms with Crippen molar-refractivity contribution in [1.29, 1.82) is 0 Å². The van der Waals surface area contributed by atoms with Crippen LogP contribution in [-0.2, 0) is 16.0 Å². The fourth-order valence-electron chi connectivity index (χ4n) is 1.46. The van der Waals surface area contributed by atoms with Crippen LogP contribution in [0.25, 0.3) is 0 Å². The molecular formula is C12H17BrN2O4. The second-order valence-corrected chi connectivity index (χ2v) is 4.58. The van der Waals surface area contributed by atoms with Crippen molar-refractivity contribution in [2.24, 2.45) is 0 Å². The van der Waals surface area contributed by atoms with Crippen molar-refractivity contribution >= 4 is 21.6 Å². The Bertz CT molecular complexity index is 415. The van der Waals surface area contributed by atoms with Crippen molar-refractivity contribution < 1.29 is 14.4 Å². The van der Waals surface area contributed by atoms with E-state index in [9.17, 15) is 10.1 Å². The molecule has 0 unspecified atom stereocenters. The van der Waals surface area contributed by atoms with E-state index in [1.165, 1.54) is 6.07 Å². The Labute approximate surface area is 120 Å². The van der Waals surface area contributed by atoms with Gasteiger partial charge in [-0.05, 0) is 21.5 Å². The molecule has 1 aromatic rings. The zero-order valence-corrected chi connectivity index (χ0v) is 12.3. The zero-order chi connectivity index (χ0) is 14.1. The summed E-state index contributed by atoms with van der Waals surface area (Å²) in [4.78, 5) is 10.4. The molecule has 0 spiro atoms. The predicted octanol–water partition coefficient (Wildman–Crippen LogP) is 2.11. The van der Waals surface area contributed by atoms with Gasteiger partial charge in [-0.3, -0.25) is 10.1 Å². The van der Waals surface area contributed by atoms with Crippen LogP contribution in [0.2, 0.25) is 0 Å². The van der Waals surface area contributed by atoms with Crippen molar-refractivity contribution in [3.05, 3.63) is 38.3 Å². The van der Waals surface area contributed by atoms with Crippen molar-refractivity contribution in [2.45, 2.75) is 6.54 Å². The molecule has 0 aliphatic heterocycles.